The Labute approximate surface area is 237 Å². The fourth-order valence-corrected chi connectivity index (χ4v) is 6.35. The Hall–Kier alpha value is -3.18. The van der Waals surface area contributed by atoms with E-state index in [1.165, 1.54) is 5.56 Å². The smallest absolute Gasteiger partial charge is 0.233 e. The number of methoxy groups -OCH3 is 2. The molecule has 3 aromatic carbocycles. The summed E-state index contributed by atoms with van der Waals surface area (Å²) in [7, 11) is 3.30. The van der Waals surface area contributed by atoms with Crippen LogP contribution in [0.15, 0.2) is 60.7 Å². The maximum absolute atomic E-state index is 14.6. The summed E-state index contributed by atoms with van der Waals surface area (Å²) in [6, 6.07) is 19.9. The first-order chi connectivity index (χ1) is 18.9. The van der Waals surface area contributed by atoms with Gasteiger partial charge in [-0.25, -0.2) is 0 Å². The zero-order valence-corrected chi connectivity index (χ0v) is 24.1. The van der Waals surface area contributed by atoms with Crippen molar-refractivity contribution in [1.29, 1.82) is 0 Å². The third-order valence-electron chi connectivity index (χ3n) is 8.48. The first-order valence-corrected chi connectivity index (χ1v) is 14.3. The molecule has 1 fully saturated rings. The standard InChI is InChI=1S/C33H38ClNO4/c1-22(2)23-7-13-27(14-8-23)39-21-29-28-20-31(38-4)30(37-3)19-24(28)15-18-35(29)32(36)33(16-5-6-17-33)25-9-11-26(34)12-10-25/h7-14,19-20,22,29H,5-6,15-18,21H2,1-4H3. The number of rotatable bonds is 8. The highest BCUT2D eigenvalue weighted by Crippen LogP contribution is 2.46. The molecule has 5 rings (SSSR count). The molecular formula is C33H38ClNO4. The Kier molecular flexibility index (Phi) is 8.08. The Balaban J connectivity index is 1.52. The highest BCUT2D eigenvalue weighted by molar-refractivity contribution is 6.30. The lowest BCUT2D eigenvalue weighted by Gasteiger charge is -2.42. The van der Waals surface area contributed by atoms with E-state index >= 15 is 0 Å². The molecule has 1 aliphatic heterocycles. The van der Waals surface area contributed by atoms with Gasteiger partial charge in [-0.2, -0.15) is 0 Å². The summed E-state index contributed by atoms with van der Waals surface area (Å²) in [5.41, 5.74) is 3.99. The molecule has 1 unspecified atom stereocenters. The number of hydrogen-bond acceptors (Lipinski definition) is 4. The van der Waals surface area contributed by atoms with Crippen LogP contribution in [-0.2, 0) is 16.6 Å². The molecule has 1 heterocycles. The first-order valence-electron chi connectivity index (χ1n) is 13.9. The van der Waals surface area contributed by atoms with Crippen LogP contribution in [0.4, 0.5) is 0 Å². The van der Waals surface area contributed by atoms with Gasteiger partial charge in [0.15, 0.2) is 11.5 Å². The van der Waals surface area contributed by atoms with Crippen molar-refractivity contribution in [2.24, 2.45) is 0 Å². The fourth-order valence-electron chi connectivity index (χ4n) is 6.22. The second-order valence-corrected chi connectivity index (χ2v) is 11.4. The number of carbonyl (C=O) groups excluding carboxylic acids is 1. The number of halogens is 1. The quantitative estimate of drug-likeness (QED) is 0.293. The van der Waals surface area contributed by atoms with Crippen LogP contribution in [0.2, 0.25) is 5.02 Å². The predicted octanol–water partition coefficient (Wildman–Crippen LogP) is 7.50. The van der Waals surface area contributed by atoms with Gasteiger partial charge >= 0.3 is 0 Å². The van der Waals surface area contributed by atoms with Crippen LogP contribution in [-0.4, -0.2) is 38.2 Å². The second kappa shape index (κ2) is 11.5. The van der Waals surface area contributed by atoms with Crippen LogP contribution in [0.1, 0.15) is 73.7 Å². The minimum Gasteiger partial charge on any atom is -0.493 e. The molecule has 6 heteroatoms. The summed E-state index contributed by atoms with van der Waals surface area (Å²) in [6.45, 7) is 5.34. The van der Waals surface area contributed by atoms with E-state index < -0.39 is 5.41 Å². The maximum Gasteiger partial charge on any atom is 0.233 e. The summed E-state index contributed by atoms with van der Waals surface area (Å²) in [5, 5.41) is 0.682. The number of ether oxygens (including phenoxy) is 3. The lowest BCUT2D eigenvalue weighted by molar-refractivity contribution is -0.141. The molecule has 206 valence electrons. The monoisotopic (exact) mass is 547 g/mol. The van der Waals surface area contributed by atoms with Gasteiger partial charge in [0, 0.05) is 11.6 Å². The van der Waals surface area contributed by atoms with Gasteiger partial charge in [-0.1, -0.05) is 62.6 Å². The normalized spacial score (nSPS) is 18.1. The molecule has 3 aromatic rings. The number of carbonyl (C=O) groups is 1. The third kappa shape index (κ3) is 5.34. The van der Waals surface area contributed by atoms with Gasteiger partial charge in [0.2, 0.25) is 5.91 Å². The minimum absolute atomic E-state index is 0.173. The molecule has 0 bridgehead atoms. The molecular weight excluding hydrogens is 510 g/mol. The van der Waals surface area contributed by atoms with Gasteiger partial charge < -0.3 is 19.1 Å². The Morgan fingerprint density at radius 1 is 0.974 bits per heavy atom. The molecule has 0 spiro atoms. The SMILES string of the molecule is COc1cc2c(cc1OC)C(COc1ccc(C(C)C)cc1)N(C(=O)C1(c3ccc(Cl)cc3)CCCC1)CC2. The van der Waals surface area contributed by atoms with Crippen molar-refractivity contribution in [2.45, 2.75) is 63.3 Å². The third-order valence-corrected chi connectivity index (χ3v) is 8.73. The van der Waals surface area contributed by atoms with Crippen LogP contribution in [0.25, 0.3) is 0 Å². The molecule has 0 radical (unpaired) electrons. The van der Waals surface area contributed by atoms with E-state index in [0.717, 1.165) is 54.5 Å². The Morgan fingerprint density at radius 3 is 2.23 bits per heavy atom. The van der Waals surface area contributed by atoms with Crippen molar-refractivity contribution in [3.63, 3.8) is 0 Å². The van der Waals surface area contributed by atoms with Crippen LogP contribution in [0.3, 0.4) is 0 Å². The van der Waals surface area contributed by atoms with Gasteiger partial charge in [0.1, 0.15) is 12.4 Å². The van der Waals surface area contributed by atoms with Crippen LogP contribution in [0.5, 0.6) is 17.2 Å². The topological polar surface area (TPSA) is 48.0 Å². The van der Waals surface area contributed by atoms with Gasteiger partial charge in [0.05, 0.1) is 25.7 Å². The largest absolute Gasteiger partial charge is 0.493 e. The summed E-state index contributed by atoms with van der Waals surface area (Å²) in [6.07, 6.45) is 4.50. The first kappa shape index (κ1) is 27.4. The maximum atomic E-state index is 14.6. The number of hydrogen-bond donors (Lipinski definition) is 0. The van der Waals surface area contributed by atoms with E-state index in [1.54, 1.807) is 14.2 Å². The molecule has 1 aliphatic carbocycles. The molecule has 0 saturated heterocycles. The van der Waals surface area contributed by atoms with E-state index in [1.807, 2.05) is 48.5 Å². The molecule has 0 N–H and O–H groups in total. The van der Waals surface area contributed by atoms with Gasteiger partial charge in [-0.15, -0.1) is 0 Å². The fraction of sp³-hybridized carbons (Fsp3) is 0.424. The van der Waals surface area contributed by atoms with Crippen LogP contribution >= 0.6 is 11.6 Å². The van der Waals surface area contributed by atoms with Crippen LogP contribution in [0, 0.1) is 0 Å². The molecule has 5 nitrogen and oxygen atoms in total. The zero-order chi connectivity index (χ0) is 27.6. The lowest BCUT2D eigenvalue weighted by atomic mass is 9.76. The molecule has 2 aliphatic rings. The van der Waals surface area contributed by atoms with Crippen molar-refractivity contribution in [3.8, 4) is 17.2 Å². The second-order valence-electron chi connectivity index (χ2n) is 11.0. The minimum atomic E-state index is -0.546. The highest BCUT2D eigenvalue weighted by Gasteiger charge is 2.47. The van der Waals surface area contributed by atoms with E-state index in [9.17, 15) is 4.79 Å². The van der Waals surface area contributed by atoms with Gasteiger partial charge in [-0.3, -0.25) is 4.79 Å². The van der Waals surface area contributed by atoms with Crippen molar-refractivity contribution in [2.75, 3.05) is 27.4 Å². The number of benzene rings is 3. The lowest BCUT2D eigenvalue weighted by Crippen LogP contribution is -2.50. The zero-order valence-electron chi connectivity index (χ0n) is 23.3. The van der Waals surface area contributed by atoms with Crippen molar-refractivity contribution in [1.82, 2.24) is 4.90 Å². The summed E-state index contributed by atoms with van der Waals surface area (Å²) < 4.78 is 17.6. The predicted molar refractivity (Wildman–Crippen MR) is 155 cm³/mol. The Morgan fingerprint density at radius 2 is 1.62 bits per heavy atom. The van der Waals surface area contributed by atoms with E-state index in [2.05, 4.69) is 30.9 Å². The molecule has 1 saturated carbocycles. The van der Waals surface area contributed by atoms with Crippen LogP contribution < -0.4 is 14.2 Å². The molecule has 1 atom stereocenters. The summed E-state index contributed by atoms with van der Waals surface area (Å²) in [4.78, 5) is 16.7. The molecule has 1 amide bonds. The average molecular weight is 548 g/mol. The molecule has 0 aromatic heterocycles. The summed E-state index contributed by atoms with van der Waals surface area (Å²) in [5.74, 6) is 2.79. The average Bonchev–Trinajstić information content (AvgIpc) is 3.46. The number of nitrogens with zero attached hydrogens (tertiary/aromatic N) is 1. The molecule has 39 heavy (non-hydrogen) atoms. The van der Waals surface area contributed by atoms with Crippen molar-refractivity contribution >= 4 is 17.5 Å². The van der Waals surface area contributed by atoms with E-state index in [0.29, 0.717) is 35.6 Å². The van der Waals surface area contributed by atoms with Gasteiger partial charge in [0.25, 0.3) is 0 Å². The Bertz CT molecular complexity index is 1300. The van der Waals surface area contributed by atoms with E-state index in [-0.39, 0.29) is 11.9 Å². The number of fused-ring (bicyclic) bond motifs is 1. The van der Waals surface area contributed by atoms with E-state index in [4.69, 9.17) is 25.8 Å². The summed E-state index contributed by atoms with van der Waals surface area (Å²) >= 11 is 6.22. The highest BCUT2D eigenvalue weighted by atomic mass is 35.5. The van der Waals surface area contributed by atoms with Crippen molar-refractivity contribution < 1.29 is 19.0 Å². The van der Waals surface area contributed by atoms with Crippen molar-refractivity contribution in [3.05, 3.63) is 87.9 Å². The van der Waals surface area contributed by atoms with Gasteiger partial charge in [-0.05, 0) is 83.8 Å². The number of amides is 1.